The lowest BCUT2D eigenvalue weighted by Crippen LogP contribution is -2.30. The van der Waals surface area contributed by atoms with E-state index >= 15 is 0 Å². The van der Waals surface area contributed by atoms with Crippen molar-refractivity contribution in [2.24, 2.45) is 11.3 Å². The molecule has 1 heterocycles. The summed E-state index contributed by atoms with van der Waals surface area (Å²) in [5, 5.41) is 10.4. The van der Waals surface area contributed by atoms with Gasteiger partial charge in [-0.3, -0.25) is 9.89 Å². The minimum absolute atomic E-state index is 0.00885. The van der Waals surface area contributed by atoms with E-state index in [0.29, 0.717) is 23.1 Å². The average Bonchev–Trinajstić information content (AvgIpc) is 3.04. The van der Waals surface area contributed by atoms with Crippen LogP contribution in [0.1, 0.15) is 61.8 Å². The molecule has 0 unspecified atom stereocenters. The zero-order chi connectivity index (χ0) is 13.6. The predicted molar refractivity (Wildman–Crippen MR) is 74.0 cm³/mol. The Morgan fingerprint density at radius 1 is 1.32 bits per heavy atom. The highest BCUT2D eigenvalue weighted by Crippen LogP contribution is 2.37. The molecule has 0 aromatic carbocycles. The van der Waals surface area contributed by atoms with E-state index in [1.807, 2.05) is 0 Å². The van der Waals surface area contributed by atoms with Crippen molar-refractivity contribution in [3.63, 3.8) is 0 Å². The molecule has 0 aliphatic heterocycles. The fourth-order valence-corrected chi connectivity index (χ4v) is 2.90. The Labute approximate surface area is 114 Å². The van der Waals surface area contributed by atoms with Crippen molar-refractivity contribution < 1.29 is 4.79 Å². The first kappa shape index (κ1) is 12.7. The van der Waals surface area contributed by atoms with Crippen molar-refractivity contribution in [3.8, 4) is 0 Å². The number of carbonyl (C=O) groups excluding carboxylic acids is 1. The molecular formula is C15H23N3O. The van der Waals surface area contributed by atoms with Crippen molar-refractivity contribution in [2.75, 3.05) is 0 Å². The number of carbonyl (C=O) groups is 1. The number of H-pyrrole nitrogens is 1. The number of hydrogen-bond acceptors (Lipinski definition) is 2. The number of fused-ring (bicyclic) bond motifs is 1. The monoisotopic (exact) mass is 261 g/mol. The lowest BCUT2D eigenvalue weighted by molar-refractivity contribution is 0.0944. The number of aromatic nitrogens is 2. The molecule has 2 aliphatic rings. The highest BCUT2D eigenvalue weighted by atomic mass is 16.2. The molecule has 4 nitrogen and oxygen atoms in total. The quantitative estimate of drug-likeness (QED) is 0.859. The van der Waals surface area contributed by atoms with Gasteiger partial charge < -0.3 is 5.32 Å². The van der Waals surface area contributed by atoms with Crippen LogP contribution in [0.4, 0.5) is 0 Å². The number of amides is 1. The Kier molecular flexibility index (Phi) is 2.91. The van der Waals surface area contributed by atoms with Gasteiger partial charge >= 0.3 is 0 Å². The maximum absolute atomic E-state index is 12.2. The molecule has 2 aliphatic carbocycles. The van der Waals surface area contributed by atoms with E-state index in [4.69, 9.17) is 0 Å². The van der Waals surface area contributed by atoms with Crippen LogP contribution in [0.5, 0.6) is 0 Å². The highest BCUT2D eigenvalue weighted by molar-refractivity contribution is 5.94. The molecule has 1 amide bonds. The normalized spacial score (nSPS) is 23.0. The topological polar surface area (TPSA) is 57.8 Å². The van der Waals surface area contributed by atoms with Crippen LogP contribution in [0.2, 0.25) is 0 Å². The Morgan fingerprint density at radius 2 is 2.05 bits per heavy atom. The molecule has 0 spiro atoms. The SMILES string of the molecule is CC(C)(C)[C@H]1CCc2[nH]nc(C(=O)NC3CC3)c2C1. The van der Waals surface area contributed by atoms with Crippen LogP contribution < -0.4 is 5.32 Å². The summed E-state index contributed by atoms with van der Waals surface area (Å²) in [5.74, 6) is 0.639. The van der Waals surface area contributed by atoms with Crippen LogP contribution in [-0.4, -0.2) is 22.1 Å². The predicted octanol–water partition coefficient (Wildman–Crippen LogP) is 2.45. The van der Waals surface area contributed by atoms with Gasteiger partial charge in [-0.1, -0.05) is 20.8 Å². The summed E-state index contributed by atoms with van der Waals surface area (Å²) in [6.07, 6.45) is 5.40. The van der Waals surface area contributed by atoms with Gasteiger partial charge in [0, 0.05) is 17.3 Å². The Balaban J connectivity index is 1.81. The van der Waals surface area contributed by atoms with Crippen LogP contribution in [0.3, 0.4) is 0 Å². The standard InChI is InChI=1S/C15H23N3O/c1-15(2,3)9-4-7-12-11(8-9)13(18-17-12)14(19)16-10-5-6-10/h9-10H,4-8H2,1-3H3,(H,16,19)(H,17,18)/t9-/m0/s1. The minimum atomic E-state index is 0.00885. The maximum Gasteiger partial charge on any atom is 0.272 e. The van der Waals surface area contributed by atoms with Crippen LogP contribution in [-0.2, 0) is 12.8 Å². The second-order valence-electron chi connectivity index (χ2n) is 7.08. The number of aryl methyl sites for hydroxylation is 1. The summed E-state index contributed by atoms with van der Waals surface area (Å²) < 4.78 is 0. The molecule has 1 atom stereocenters. The number of aromatic amines is 1. The molecule has 1 aromatic rings. The molecule has 0 saturated heterocycles. The van der Waals surface area contributed by atoms with Gasteiger partial charge in [0.2, 0.25) is 0 Å². The van der Waals surface area contributed by atoms with E-state index in [-0.39, 0.29) is 5.91 Å². The highest BCUT2D eigenvalue weighted by Gasteiger charge is 2.33. The Hall–Kier alpha value is -1.32. The van der Waals surface area contributed by atoms with Gasteiger partial charge in [0.25, 0.3) is 5.91 Å². The number of rotatable bonds is 2. The average molecular weight is 261 g/mol. The lowest BCUT2D eigenvalue weighted by atomic mass is 9.71. The number of hydrogen-bond donors (Lipinski definition) is 2. The largest absolute Gasteiger partial charge is 0.348 e. The summed E-state index contributed by atoms with van der Waals surface area (Å²) >= 11 is 0. The Morgan fingerprint density at radius 3 is 2.68 bits per heavy atom. The van der Waals surface area contributed by atoms with Gasteiger partial charge in [0.1, 0.15) is 0 Å². The number of nitrogens with zero attached hydrogens (tertiary/aromatic N) is 1. The van der Waals surface area contributed by atoms with Gasteiger partial charge in [-0.25, -0.2) is 0 Å². The molecule has 1 fully saturated rings. The van der Waals surface area contributed by atoms with Gasteiger partial charge in [-0.05, 0) is 43.4 Å². The van der Waals surface area contributed by atoms with Crippen LogP contribution in [0, 0.1) is 11.3 Å². The number of nitrogens with one attached hydrogen (secondary N) is 2. The lowest BCUT2D eigenvalue weighted by Gasteiger charge is -2.33. The molecule has 3 rings (SSSR count). The van der Waals surface area contributed by atoms with E-state index in [1.54, 1.807) is 0 Å². The van der Waals surface area contributed by atoms with Crippen LogP contribution >= 0.6 is 0 Å². The van der Waals surface area contributed by atoms with E-state index in [1.165, 1.54) is 12.1 Å². The van der Waals surface area contributed by atoms with E-state index < -0.39 is 0 Å². The van der Waals surface area contributed by atoms with E-state index in [2.05, 4.69) is 36.3 Å². The van der Waals surface area contributed by atoms with Crippen molar-refractivity contribution >= 4 is 5.91 Å². The smallest absolute Gasteiger partial charge is 0.272 e. The molecular weight excluding hydrogens is 238 g/mol. The fraction of sp³-hybridized carbons (Fsp3) is 0.733. The van der Waals surface area contributed by atoms with Crippen LogP contribution in [0.15, 0.2) is 0 Å². The first-order chi connectivity index (χ1) is 8.95. The van der Waals surface area contributed by atoms with Crippen molar-refractivity contribution in [1.82, 2.24) is 15.5 Å². The van der Waals surface area contributed by atoms with Crippen molar-refractivity contribution in [1.29, 1.82) is 0 Å². The van der Waals surface area contributed by atoms with Gasteiger partial charge in [-0.15, -0.1) is 0 Å². The molecule has 2 N–H and O–H groups in total. The van der Waals surface area contributed by atoms with Crippen molar-refractivity contribution in [3.05, 3.63) is 17.0 Å². The Bertz CT molecular complexity index is 494. The molecule has 19 heavy (non-hydrogen) atoms. The molecule has 1 aromatic heterocycles. The van der Waals surface area contributed by atoms with E-state index in [0.717, 1.165) is 31.2 Å². The third-order valence-electron chi connectivity index (χ3n) is 4.50. The summed E-state index contributed by atoms with van der Waals surface area (Å²) in [6.45, 7) is 6.85. The first-order valence-electron chi connectivity index (χ1n) is 7.32. The van der Waals surface area contributed by atoms with Crippen LogP contribution in [0.25, 0.3) is 0 Å². The molecule has 1 saturated carbocycles. The summed E-state index contributed by atoms with van der Waals surface area (Å²) in [4.78, 5) is 12.2. The fourth-order valence-electron chi connectivity index (χ4n) is 2.90. The second-order valence-corrected chi connectivity index (χ2v) is 7.08. The van der Waals surface area contributed by atoms with Crippen molar-refractivity contribution in [2.45, 2.75) is 58.9 Å². The maximum atomic E-state index is 12.2. The minimum Gasteiger partial charge on any atom is -0.348 e. The van der Waals surface area contributed by atoms with Gasteiger partial charge in [0.15, 0.2) is 5.69 Å². The zero-order valence-corrected chi connectivity index (χ0v) is 12.0. The third-order valence-corrected chi connectivity index (χ3v) is 4.50. The molecule has 4 heteroatoms. The molecule has 104 valence electrons. The second kappa shape index (κ2) is 4.36. The first-order valence-corrected chi connectivity index (χ1v) is 7.32. The molecule has 0 radical (unpaired) electrons. The summed E-state index contributed by atoms with van der Waals surface area (Å²) in [7, 11) is 0. The summed E-state index contributed by atoms with van der Waals surface area (Å²) in [5.41, 5.74) is 3.25. The van der Waals surface area contributed by atoms with Gasteiger partial charge in [-0.2, -0.15) is 5.10 Å². The van der Waals surface area contributed by atoms with Gasteiger partial charge in [0.05, 0.1) is 0 Å². The molecule has 0 bridgehead atoms. The van der Waals surface area contributed by atoms with E-state index in [9.17, 15) is 4.79 Å². The summed E-state index contributed by atoms with van der Waals surface area (Å²) in [6, 6.07) is 0.391. The third kappa shape index (κ3) is 2.53. The zero-order valence-electron chi connectivity index (χ0n) is 12.0.